The van der Waals surface area contributed by atoms with Crippen LogP contribution in [0.25, 0.3) is 26.6 Å². The van der Waals surface area contributed by atoms with Gasteiger partial charge in [0.15, 0.2) is 5.78 Å². The number of nitrogens with two attached hydrogens (primary N) is 1. The van der Waals surface area contributed by atoms with E-state index in [4.69, 9.17) is 15.2 Å². The lowest BCUT2D eigenvalue weighted by atomic mass is 10.0. The second-order valence-electron chi connectivity index (χ2n) is 6.76. The van der Waals surface area contributed by atoms with E-state index >= 15 is 0 Å². The highest BCUT2D eigenvalue weighted by atomic mass is 32.1. The van der Waals surface area contributed by atoms with Gasteiger partial charge in [0.25, 0.3) is 0 Å². The molecule has 2 N–H and O–H groups in total. The number of hydrogen-bond acceptors (Lipinski definition) is 5. The smallest absolute Gasteiger partial charge is 0.185 e. The van der Waals surface area contributed by atoms with Crippen molar-refractivity contribution in [3.63, 3.8) is 0 Å². The van der Waals surface area contributed by atoms with E-state index in [2.05, 4.69) is 18.2 Å². The maximum absolute atomic E-state index is 12.5. The molecule has 4 nitrogen and oxygen atoms in total. The van der Waals surface area contributed by atoms with Crippen molar-refractivity contribution in [3.05, 3.63) is 83.9 Å². The SMILES string of the molecule is COc1cc(OC)c(-c2cc3ccccc3s2)cc1C=CC(=O)c1ccc(N)cc1. The number of ether oxygens (including phenoxy) is 2. The van der Waals surface area contributed by atoms with Gasteiger partial charge in [0.2, 0.25) is 0 Å². The second-order valence-corrected chi connectivity index (χ2v) is 7.85. The number of fused-ring (bicyclic) bond motifs is 1. The molecule has 0 saturated carbocycles. The Balaban J connectivity index is 1.74. The predicted octanol–water partition coefficient (Wildman–Crippen LogP) is 6.06. The first-order valence-corrected chi connectivity index (χ1v) is 10.2. The standard InChI is InChI=1S/C25H21NO3S/c1-28-22-15-23(29-2)20(25-14-18-5-3-4-6-24(18)30-25)13-17(22)9-12-21(27)16-7-10-19(26)11-8-16/h3-15H,26H2,1-2H3. The molecule has 0 fully saturated rings. The van der Waals surface area contributed by atoms with Crippen LogP contribution in [-0.2, 0) is 0 Å². The number of carbonyl (C=O) groups excluding carboxylic acids is 1. The average molecular weight is 416 g/mol. The third-order valence-corrected chi connectivity index (χ3v) is 6.00. The second kappa shape index (κ2) is 8.43. The Hall–Kier alpha value is -3.57. The van der Waals surface area contributed by atoms with Crippen LogP contribution in [-0.4, -0.2) is 20.0 Å². The summed E-state index contributed by atoms with van der Waals surface area (Å²) in [5.74, 6) is 1.26. The molecule has 0 unspecified atom stereocenters. The molecule has 30 heavy (non-hydrogen) atoms. The Morgan fingerprint density at radius 3 is 2.37 bits per heavy atom. The molecule has 0 saturated heterocycles. The molecule has 0 aliphatic rings. The van der Waals surface area contributed by atoms with Crippen molar-refractivity contribution in [3.8, 4) is 21.9 Å². The first-order chi connectivity index (χ1) is 14.6. The molecule has 4 rings (SSSR count). The van der Waals surface area contributed by atoms with Gasteiger partial charge in [0, 0.05) is 38.0 Å². The third kappa shape index (κ3) is 3.93. The van der Waals surface area contributed by atoms with Gasteiger partial charge in [-0.05, 0) is 60.0 Å². The summed E-state index contributed by atoms with van der Waals surface area (Å²) in [6.07, 6.45) is 3.32. The summed E-state index contributed by atoms with van der Waals surface area (Å²) < 4.78 is 12.4. The average Bonchev–Trinajstić information content (AvgIpc) is 3.21. The topological polar surface area (TPSA) is 61.5 Å². The molecule has 0 bridgehead atoms. The number of rotatable bonds is 6. The van der Waals surface area contributed by atoms with E-state index in [9.17, 15) is 4.79 Å². The Bertz CT molecular complexity index is 1210. The molecule has 0 radical (unpaired) electrons. The van der Waals surface area contributed by atoms with Gasteiger partial charge < -0.3 is 15.2 Å². The van der Waals surface area contributed by atoms with E-state index in [1.165, 1.54) is 10.1 Å². The molecular weight excluding hydrogens is 394 g/mol. The van der Waals surface area contributed by atoms with E-state index in [0.29, 0.717) is 17.0 Å². The molecule has 0 atom stereocenters. The lowest BCUT2D eigenvalue weighted by Gasteiger charge is -2.12. The normalized spacial score (nSPS) is 11.1. The van der Waals surface area contributed by atoms with Crippen LogP contribution in [0.15, 0.2) is 72.8 Å². The Morgan fingerprint density at radius 2 is 1.67 bits per heavy atom. The number of thiophene rings is 1. The van der Waals surface area contributed by atoms with Crippen molar-refractivity contribution in [2.45, 2.75) is 0 Å². The summed E-state index contributed by atoms with van der Waals surface area (Å²) >= 11 is 1.70. The number of carbonyl (C=O) groups is 1. The first-order valence-electron chi connectivity index (χ1n) is 9.42. The first kappa shape index (κ1) is 19.7. The van der Waals surface area contributed by atoms with E-state index in [0.717, 1.165) is 21.8 Å². The van der Waals surface area contributed by atoms with Crippen LogP contribution in [0.4, 0.5) is 5.69 Å². The highest BCUT2D eigenvalue weighted by molar-refractivity contribution is 7.22. The molecular formula is C25H21NO3S. The van der Waals surface area contributed by atoms with Crippen molar-refractivity contribution in [2.24, 2.45) is 0 Å². The van der Waals surface area contributed by atoms with Gasteiger partial charge in [-0.3, -0.25) is 4.79 Å². The van der Waals surface area contributed by atoms with Gasteiger partial charge in [-0.25, -0.2) is 0 Å². The minimum absolute atomic E-state index is 0.101. The molecule has 1 aromatic heterocycles. The highest BCUT2D eigenvalue weighted by Gasteiger charge is 2.14. The number of allylic oxidation sites excluding steroid dienone is 1. The molecule has 150 valence electrons. The van der Waals surface area contributed by atoms with Crippen LogP contribution in [0.2, 0.25) is 0 Å². The van der Waals surface area contributed by atoms with E-state index in [1.54, 1.807) is 62.0 Å². The Morgan fingerprint density at radius 1 is 0.933 bits per heavy atom. The van der Waals surface area contributed by atoms with E-state index < -0.39 is 0 Å². The zero-order valence-corrected chi connectivity index (χ0v) is 17.5. The number of benzene rings is 3. The van der Waals surface area contributed by atoms with Crippen LogP contribution in [0.1, 0.15) is 15.9 Å². The number of methoxy groups -OCH3 is 2. The summed E-state index contributed by atoms with van der Waals surface area (Å²) in [7, 11) is 3.25. The van der Waals surface area contributed by atoms with E-state index in [-0.39, 0.29) is 5.78 Å². The zero-order chi connectivity index (χ0) is 21.1. The van der Waals surface area contributed by atoms with Crippen LogP contribution >= 0.6 is 11.3 Å². The largest absolute Gasteiger partial charge is 0.496 e. The van der Waals surface area contributed by atoms with Crippen molar-refractivity contribution in [2.75, 3.05) is 20.0 Å². The maximum Gasteiger partial charge on any atom is 0.185 e. The zero-order valence-electron chi connectivity index (χ0n) is 16.7. The minimum Gasteiger partial charge on any atom is -0.496 e. The number of ketones is 1. The highest BCUT2D eigenvalue weighted by Crippen LogP contribution is 2.41. The van der Waals surface area contributed by atoms with Crippen molar-refractivity contribution in [1.82, 2.24) is 0 Å². The number of anilines is 1. The minimum atomic E-state index is -0.101. The molecule has 0 amide bonds. The molecule has 0 aliphatic heterocycles. The monoisotopic (exact) mass is 415 g/mol. The number of nitrogen functional groups attached to an aromatic ring is 1. The Labute approximate surface area is 179 Å². The van der Waals surface area contributed by atoms with Crippen molar-refractivity contribution in [1.29, 1.82) is 0 Å². The van der Waals surface area contributed by atoms with Gasteiger partial charge in [-0.15, -0.1) is 11.3 Å². The summed E-state index contributed by atoms with van der Waals surface area (Å²) in [6.45, 7) is 0. The third-order valence-electron chi connectivity index (χ3n) is 4.85. The summed E-state index contributed by atoms with van der Waals surface area (Å²) in [5.41, 5.74) is 8.66. The van der Waals surface area contributed by atoms with Gasteiger partial charge >= 0.3 is 0 Å². The molecule has 0 aliphatic carbocycles. The lowest BCUT2D eigenvalue weighted by Crippen LogP contribution is -1.96. The number of hydrogen-bond donors (Lipinski definition) is 1. The van der Waals surface area contributed by atoms with Gasteiger partial charge in [0.05, 0.1) is 14.2 Å². The fraction of sp³-hybridized carbons (Fsp3) is 0.0800. The summed E-state index contributed by atoms with van der Waals surface area (Å²) in [4.78, 5) is 13.6. The maximum atomic E-state index is 12.5. The van der Waals surface area contributed by atoms with Crippen LogP contribution in [0.3, 0.4) is 0 Å². The van der Waals surface area contributed by atoms with Crippen LogP contribution in [0, 0.1) is 0 Å². The fourth-order valence-corrected chi connectivity index (χ4v) is 4.35. The van der Waals surface area contributed by atoms with E-state index in [1.807, 2.05) is 24.3 Å². The molecule has 5 heteroatoms. The quantitative estimate of drug-likeness (QED) is 0.236. The van der Waals surface area contributed by atoms with Crippen molar-refractivity contribution >= 4 is 39.0 Å². The van der Waals surface area contributed by atoms with Crippen LogP contribution in [0.5, 0.6) is 11.5 Å². The molecule has 1 heterocycles. The van der Waals surface area contributed by atoms with Crippen molar-refractivity contribution < 1.29 is 14.3 Å². The fourth-order valence-electron chi connectivity index (χ4n) is 3.27. The lowest BCUT2D eigenvalue weighted by molar-refractivity contribution is 0.104. The van der Waals surface area contributed by atoms with Crippen LogP contribution < -0.4 is 15.2 Å². The summed E-state index contributed by atoms with van der Waals surface area (Å²) in [5, 5.41) is 1.19. The predicted molar refractivity (Wildman–Crippen MR) is 125 cm³/mol. The molecule has 4 aromatic rings. The molecule has 0 spiro atoms. The van der Waals surface area contributed by atoms with Gasteiger partial charge in [0.1, 0.15) is 11.5 Å². The van der Waals surface area contributed by atoms with Gasteiger partial charge in [-0.1, -0.05) is 18.2 Å². The summed E-state index contributed by atoms with van der Waals surface area (Å²) in [6, 6.07) is 21.1. The molecule has 3 aromatic carbocycles. The van der Waals surface area contributed by atoms with Gasteiger partial charge in [-0.2, -0.15) is 0 Å². The Kier molecular flexibility index (Phi) is 5.55.